The van der Waals surface area contributed by atoms with E-state index >= 15 is 0 Å². The van der Waals surface area contributed by atoms with Crippen LogP contribution in [0.3, 0.4) is 0 Å². The SMILES string of the molecule is CC(C)NS(=O)(=O)c1cccc(C(=O)OCC(=O)NC(=O)c2ccccc2)c1. The van der Waals surface area contributed by atoms with E-state index < -0.39 is 34.4 Å². The van der Waals surface area contributed by atoms with Gasteiger partial charge in [0.05, 0.1) is 10.5 Å². The van der Waals surface area contributed by atoms with Gasteiger partial charge in [0, 0.05) is 11.6 Å². The lowest BCUT2D eigenvalue weighted by molar-refractivity contribution is -0.123. The second-order valence-electron chi connectivity index (χ2n) is 6.12. The van der Waals surface area contributed by atoms with Gasteiger partial charge >= 0.3 is 5.97 Å². The molecule has 0 saturated heterocycles. The van der Waals surface area contributed by atoms with Crippen LogP contribution in [0.2, 0.25) is 0 Å². The van der Waals surface area contributed by atoms with Crippen LogP contribution in [0, 0.1) is 0 Å². The van der Waals surface area contributed by atoms with Gasteiger partial charge in [-0.3, -0.25) is 14.9 Å². The largest absolute Gasteiger partial charge is 0.452 e. The highest BCUT2D eigenvalue weighted by Gasteiger charge is 2.19. The summed E-state index contributed by atoms with van der Waals surface area (Å²) in [6.45, 7) is 2.66. The summed E-state index contributed by atoms with van der Waals surface area (Å²) in [7, 11) is -3.78. The predicted octanol–water partition coefficient (Wildman–Crippen LogP) is 1.49. The second-order valence-corrected chi connectivity index (χ2v) is 7.84. The van der Waals surface area contributed by atoms with E-state index in [1.54, 1.807) is 32.0 Å². The van der Waals surface area contributed by atoms with E-state index in [4.69, 9.17) is 4.74 Å². The monoisotopic (exact) mass is 404 g/mol. The van der Waals surface area contributed by atoms with Gasteiger partial charge in [0.25, 0.3) is 11.8 Å². The number of carbonyl (C=O) groups is 3. The minimum atomic E-state index is -3.78. The maximum Gasteiger partial charge on any atom is 0.338 e. The van der Waals surface area contributed by atoms with Crippen LogP contribution >= 0.6 is 0 Å². The summed E-state index contributed by atoms with van der Waals surface area (Å²) >= 11 is 0. The predicted molar refractivity (Wildman–Crippen MR) is 101 cm³/mol. The topological polar surface area (TPSA) is 119 Å². The van der Waals surface area contributed by atoms with Gasteiger partial charge in [0.2, 0.25) is 10.0 Å². The summed E-state index contributed by atoms with van der Waals surface area (Å²) in [4.78, 5) is 35.7. The minimum absolute atomic E-state index is 0.0335. The Kier molecular flexibility index (Phi) is 7.02. The quantitative estimate of drug-likeness (QED) is 0.675. The summed E-state index contributed by atoms with van der Waals surface area (Å²) in [5, 5.41) is 2.10. The Balaban J connectivity index is 1.97. The number of rotatable bonds is 7. The Morgan fingerprint density at radius 1 is 0.964 bits per heavy atom. The second kappa shape index (κ2) is 9.25. The van der Waals surface area contributed by atoms with E-state index in [2.05, 4.69) is 10.0 Å². The number of carbonyl (C=O) groups excluding carboxylic acids is 3. The molecule has 0 aliphatic rings. The lowest BCUT2D eigenvalue weighted by atomic mass is 10.2. The molecule has 8 nitrogen and oxygen atoms in total. The average Bonchev–Trinajstić information content (AvgIpc) is 2.66. The van der Waals surface area contributed by atoms with Gasteiger partial charge in [-0.1, -0.05) is 24.3 Å². The van der Waals surface area contributed by atoms with Crippen LogP contribution in [0.4, 0.5) is 0 Å². The molecule has 0 aliphatic carbocycles. The highest BCUT2D eigenvalue weighted by Crippen LogP contribution is 2.13. The number of hydrogen-bond acceptors (Lipinski definition) is 6. The minimum Gasteiger partial charge on any atom is -0.452 e. The third-order valence-corrected chi connectivity index (χ3v) is 5.05. The number of ether oxygens (including phenoxy) is 1. The Labute approximate surface area is 163 Å². The van der Waals surface area contributed by atoms with Crippen molar-refractivity contribution in [3.8, 4) is 0 Å². The van der Waals surface area contributed by atoms with Crippen molar-refractivity contribution in [2.24, 2.45) is 0 Å². The fraction of sp³-hybridized carbons (Fsp3) is 0.211. The molecule has 0 saturated carbocycles. The average molecular weight is 404 g/mol. The van der Waals surface area contributed by atoms with Crippen LogP contribution in [0.1, 0.15) is 34.6 Å². The molecule has 28 heavy (non-hydrogen) atoms. The smallest absolute Gasteiger partial charge is 0.338 e. The first-order valence-corrected chi connectivity index (χ1v) is 9.86. The van der Waals surface area contributed by atoms with E-state index in [-0.39, 0.29) is 22.1 Å². The number of sulfonamides is 1. The van der Waals surface area contributed by atoms with E-state index in [0.29, 0.717) is 0 Å². The Bertz CT molecular complexity index is 971. The molecule has 0 atom stereocenters. The molecule has 2 N–H and O–H groups in total. The number of esters is 1. The molecule has 0 bridgehead atoms. The van der Waals surface area contributed by atoms with E-state index in [9.17, 15) is 22.8 Å². The van der Waals surface area contributed by atoms with Crippen molar-refractivity contribution >= 4 is 27.8 Å². The molecule has 0 aromatic heterocycles. The van der Waals surface area contributed by atoms with E-state index in [1.165, 1.54) is 30.3 Å². The first-order valence-electron chi connectivity index (χ1n) is 8.38. The van der Waals surface area contributed by atoms with Crippen LogP contribution in [0.15, 0.2) is 59.5 Å². The number of amides is 2. The van der Waals surface area contributed by atoms with Crippen molar-refractivity contribution in [3.05, 3.63) is 65.7 Å². The third kappa shape index (κ3) is 6.00. The maximum absolute atomic E-state index is 12.2. The fourth-order valence-electron chi connectivity index (χ4n) is 2.21. The molecule has 0 radical (unpaired) electrons. The summed E-state index contributed by atoms with van der Waals surface area (Å²) in [5.41, 5.74) is 0.256. The Morgan fingerprint density at radius 3 is 2.25 bits per heavy atom. The van der Waals surface area contributed by atoms with E-state index in [0.717, 1.165) is 6.07 Å². The van der Waals surface area contributed by atoms with Crippen molar-refractivity contribution < 1.29 is 27.5 Å². The summed E-state index contributed by atoms with van der Waals surface area (Å²) in [5.74, 6) is -2.30. The number of benzene rings is 2. The molecule has 0 unspecified atom stereocenters. The zero-order valence-electron chi connectivity index (χ0n) is 15.3. The molecule has 2 rings (SSSR count). The number of hydrogen-bond donors (Lipinski definition) is 2. The highest BCUT2D eigenvalue weighted by molar-refractivity contribution is 7.89. The van der Waals surface area contributed by atoms with Gasteiger partial charge in [-0.25, -0.2) is 17.9 Å². The molecule has 2 aromatic carbocycles. The molecule has 0 aliphatic heterocycles. The maximum atomic E-state index is 12.2. The van der Waals surface area contributed by atoms with Gasteiger partial charge in [0.1, 0.15) is 0 Å². The lowest BCUT2D eigenvalue weighted by Gasteiger charge is -2.10. The molecular formula is C19H20N2O6S. The molecule has 0 heterocycles. The molecule has 0 fully saturated rings. The van der Waals surface area contributed by atoms with Crippen molar-refractivity contribution in [3.63, 3.8) is 0 Å². The van der Waals surface area contributed by atoms with Crippen molar-refractivity contribution in [1.29, 1.82) is 0 Å². The van der Waals surface area contributed by atoms with Gasteiger partial charge < -0.3 is 4.74 Å². The van der Waals surface area contributed by atoms with Crippen LogP contribution in [0.5, 0.6) is 0 Å². The number of imide groups is 1. The standard InChI is InChI=1S/C19H20N2O6S/c1-13(2)21-28(25,26)16-10-6-9-15(11-16)19(24)27-12-17(22)20-18(23)14-7-4-3-5-8-14/h3-11,13,21H,12H2,1-2H3,(H,20,22,23). The van der Waals surface area contributed by atoms with Crippen molar-refractivity contribution in [2.75, 3.05) is 6.61 Å². The Hall–Kier alpha value is -3.04. The van der Waals surface area contributed by atoms with E-state index in [1.807, 2.05) is 0 Å². The summed E-state index contributed by atoms with van der Waals surface area (Å²) < 4.78 is 31.6. The molecule has 2 aromatic rings. The first-order chi connectivity index (χ1) is 13.2. The first kappa shape index (κ1) is 21.3. The van der Waals surface area contributed by atoms with Crippen LogP contribution in [-0.2, 0) is 19.6 Å². The fourth-order valence-corrected chi connectivity index (χ4v) is 3.50. The van der Waals surface area contributed by atoms with Gasteiger partial charge in [-0.2, -0.15) is 0 Å². The molecule has 2 amide bonds. The molecule has 0 spiro atoms. The van der Waals surface area contributed by atoms with Crippen LogP contribution in [-0.4, -0.2) is 38.9 Å². The zero-order chi connectivity index (χ0) is 20.7. The highest BCUT2D eigenvalue weighted by atomic mass is 32.2. The summed E-state index contributed by atoms with van der Waals surface area (Å²) in [6, 6.07) is 13.0. The lowest BCUT2D eigenvalue weighted by Crippen LogP contribution is -2.34. The van der Waals surface area contributed by atoms with Crippen molar-refractivity contribution in [2.45, 2.75) is 24.8 Å². The zero-order valence-corrected chi connectivity index (χ0v) is 16.2. The molecule has 9 heteroatoms. The van der Waals surface area contributed by atoms with Gasteiger partial charge in [-0.05, 0) is 44.2 Å². The molecule has 148 valence electrons. The Morgan fingerprint density at radius 2 is 1.61 bits per heavy atom. The van der Waals surface area contributed by atoms with Gasteiger partial charge in [-0.15, -0.1) is 0 Å². The van der Waals surface area contributed by atoms with Gasteiger partial charge in [0.15, 0.2) is 6.61 Å². The van der Waals surface area contributed by atoms with Crippen molar-refractivity contribution in [1.82, 2.24) is 10.0 Å². The summed E-state index contributed by atoms with van der Waals surface area (Å²) in [6.07, 6.45) is 0. The number of nitrogens with one attached hydrogen (secondary N) is 2. The third-order valence-electron chi connectivity index (χ3n) is 3.39. The molecular weight excluding hydrogens is 384 g/mol. The normalized spacial score (nSPS) is 11.1. The van der Waals surface area contributed by atoms with Crippen LogP contribution in [0.25, 0.3) is 0 Å². The van der Waals surface area contributed by atoms with Crippen LogP contribution < -0.4 is 10.0 Å².